The van der Waals surface area contributed by atoms with E-state index in [-0.39, 0.29) is 23.6 Å². The first kappa shape index (κ1) is 23.6. The summed E-state index contributed by atoms with van der Waals surface area (Å²) in [5.74, 6) is -2.85. The molecule has 0 heterocycles. The van der Waals surface area contributed by atoms with E-state index in [0.717, 1.165) is 51.5 Å². The van der Waals surface area contributed by atoms with Crippen molar-refractivity contribution in [3.8, 4) is 0 Å². The SMILES string of the molecule is C=CCC(F)(F)[C@@](C)(O)c1ccc(C(=O)N(C2CCC(c3ccccc3)CC2)C2CC2)cc1. The molecule has 0 aliphatic heterocycles. The van der Waals surface area contributed by atoms with Gasteiger partial charge in [-0.05, 0) is 74.6 Å². The van der Waals surface area contributed by atoms with Crippen LogP contribution in [0.25, 0.3) is 0 Å². The van der Waals surface area contributed by atoms with Crippen LogP contribution >= 0.6 is 0 Å². The molecule has 0 saturated heterocycles. The van der Waals surface area contributed by atoms with Crippen LogP contribution in [-0.4, -0.2) is 33.9 Å². The zero-order chi connectivity index (χ0) is 23.6. The van der Waals surface area contributed by atoms with Crippen molar-refractivity contribution in [3.05, 3.63) is 83.9 Å². The molecule has 0 aromatic heterocycles. The Morgan fingerprint density at radius 2 is 1.55 bits per heavy atom. The smallest absolute Gasteiger partial charge is 0.283 e. The van der Waals surface area contributed by atoms with Gasteiger partial charge < -0.3 is 10.0 Å². The van der Waals surface area contributed by atoms with E-state index >= 15 is 0 Å². The Morgan fingerprint density at radius 3 is 2.06 bits per heavy atom. The third-order valence-electron chi connectivity index (χ3n) is 7.34. The van der Waals surface area contributed by atoms with Crippen molar-refractivity contribution in [1.29, 1.82) is 0 Å². The van der Waals surface area contributed by atoms with Crippen molar-refractivity contribution in [2.75, 3.05) is 0 Å². The Kier molecular flexibility index (Phi) is 6.71. The quantitative estimate of drug-likeness (QED) is 0.468. The Morgan fingerprint density at radius 1 is 1.00 bits per heavy atom. The minimum absolute atomic E-state index is 0.0373. The van der Waals surface area contributed by atoms with Gasteiger partial charge in [-0.3, -0.25) is 4.79 Å². The van der Waals surface area contributed by atoms with Crippen LogP contribution in [0.4, 0.5) is 8.78 Å². The summed E-state index contributed by atoms with van der Waals surface area (Å²) in [4.78, 5) is 15.5. The Balaban J connectivity index is 1.46. The monoisotopic (exact) mass is 453 g/mol. The Bertz CT molecular complexity index is 959. The number of carbonyl (C=O) groups excluding carboxylic acids is 1. The highest BCUT2D eigenvalue weighted by molar-refractivity contribution is 5.95. The highest BCUT2D eigenvalue weighted by Gasteiger charge is 2.49. The number of hydrogen-bond acceptors (Lipinski definition) is 2. The maximum Gasteiger partial charge on any atom is 0.283 e. The van der Waals surface area contributed by atoms with Crippen LogP contribution in [0.2, 0.25) is 0 Å². The summed E-state index contributed by atoms with van der Waals surface area (Å²) in [6.07, 6.45) is 6.59. The van der Waals surface area contributed by atoms with Gasteiger partial charge in [0.2, 0.25) is 0 Å². The van der Waals surface area contributed by atoms with Gasteiger partial charge >= 0.3 is 0 Å². The second-order valence-electron chi connectivity index (χ2n) is 9.71. The summed E-state index contributed by atoms with van der Waals surface area (Å²) in [6.45, 7) is 4.46. The van der Waals surface area contributed by atoms with Gasteiger partial charge in [0, 0.05) is 24.1 Å². The Hall–Kier alpha value is -2.53. The predicted octanol–water partition coefficient (Wildman–Crippen LogP) is 6.44. The summed E-state index contributed by atoms with van der Waals surface area (Å²) in [5, 5.41) is 10.5. The van der Waals surface area contributed by atoms with Crippen molar-refractivity contribution in [2.24, 2.45) is 0 Å². The van der Waals surface area contributed by atoms with E-state index in [1.807, 2.05) is 11.0 Å². The lowest BCUT2D eigenvalue weighted by Gasteiger charge is -2.37. The van der Waals surface area contributed by atoms with Gasteiger partial charge in [-0.1, -0.05) is 48.5 Å². The van der Waals surface area contributed by atoms with Gasteiger partial charge in [0.25, 0.3) is 11.8 Å². The fourth-order valence-corrected chi connectivity index (χ4v) is 5.07. The van der Waals surface area contributed by atoms with Gasteiger partial charge in [0.15, 0.2) is 5.60 Å². The van der Waals surface area contributed by atoms with E-state index in [1.54, 1.807) is 12.1 Å². The normalized spacial score (nSPS) is 22.9. The van der Waals surface area contributed by atoms with Crippen LogP contribution < -0.4 is 0 Å². The number of rotatable bonds is 8. The largest absolute Gasteiger partial charge is 0.379 e. The molecule has 1 N–H and O–H groups in total. The third kappa shape index (κ3) is 4.89. The van der Waals surface area contributed by atoms with Crippen LogP contribution in [0.1, 0.15) is 79.3 Å². The second-order valence-corrected chi connectivity index (χ2v) is 9.71. The lowest BCUT2D eigenvalue weighted by atomic mass is 9.81. The van der Waals surface area contributed by atoms with Gasteiger partial charge in [-0.15, -0.1) is 6.58 Å². The minimum Gasteiger partial charge on any atom is -0.379 e. The molecule has 1 atom stereocenters. The molecule has 4 rings (SSSR count). The van der Waals surface area contributed by atoms with Gasteiger partial charge in [-0.25, -0.2) is 8.78 Å². The molecule has 2 aliphatic carbocycles. The van der Waals surface area contributed by atoms with E-state index in [4.69, 9.17) is 0 Å². The molecular weight excluding hydrogens is 420 g/mol. The molecule has 2 aliphatic rings. The number of benzene rings is 2. The summed E-state index contributed by atoms with van der Waals surface area (Å²) < 4.78 is 28.8. The number of carbonyl (C=O) groups is 1. The number of halogens is 2. The molecule has 3 nitrogen and oxygen atoms in total. The molecule has 5 heteroatoms. The van der Waals surface area contributed by atoms with Crippen LogP contribution in [-0.2, 0) is 5.60 Å². The highest BCUT2D eigenvalue weighted by atomic mass is 19.3. The van der Waals surface area contributed by atoms with Crippen LogP contribution in [0.5, 0.6) is 0 Å². The maximum absolute atomic E-state index is 14.4. The number of amides is 1. The fraction of sp³-hybridized carbons (Fsp3) is 0.464. The molecule has 0 bridgehead atoms. The molecular formula is C28H33F2NO2. The predicted molar refractivity (Wildman–Crippen MR) is 126 cm³/mol. The van der Waals surface area contributed by atoms with Gasteiger partial charge in [-0.2, -0.15) is 0 Å². The van der Waals surface area contributed by atoms with Gasteiger partial charge in [0.05, 0.1) is 0 Å². The first-order chi connectivity index (χ1) is 15.7. The summed E-state index contributed by atoms with van der Waals surface area (Å²) in [7, 11) is 0. The molecule has 1 amide bonds. The topological polar surface area (TPSA) is 40.5 Å². The molecule has 2 aromatic rings. The first-order valence-corrected chi connectivity index (χ1v) is 11.9. The Labute approximate surface area is 195 Å². The summed E-state index contributed by atoms with van der Waals surface area (Å²) in [6, 6.07) is 17.1. The van der Waals surface area contributed by atoms with Crippen molar-refractivity contribution in [3.63, 3.8) is 0 Å². The lowest BCUT2D eigenvalue weighted by molar-refractivity contribution is -0.175. The number of hydrogen-bond donors (Lipinski definition) is 1. The van der Waals surface area contributed by atoms with Crippen LogP contribution in [0.15, 0.2) is 67.3 Å². The average molecular weight is 454 g/mol. The molecule has 176 valence electrons. The third-order valence-corrected chi connectivity index (χ3v) is 7.34. The number of nitrogens with zero attached hydrogens (tertiary/aromatic N) is 1. The van der Waals surface area contributed by atoms with Crippen molar-refractivity contribution in [2.45, 2.75) is 81.4 Å². The molecule has 0 spiro atoms. The second kappa shape index (κ2) is 9.38. The van der Waals surface area contributed by atoms with Crippen molar-refractivity contribution >= 4 is 5.91 Å². The summed E-state index contributed by atoms with van der Waals surface area (Å²) in [5.41, 5.74) is -0.392. The van der Waals surface area contributed by atoms with E-state index in [1.165, 1.54) is 17.7 Å². The number of aliphatic hydroxyl groups is 1. The fourth-order valence-electron chi connectivity index (χ4n) is 5.07. The molecule has 2 saturated carbocycles. The van der Waals surface area contributed by atoms with Crippen LogP contribution in [0.3, 0.4) is 0 Å². The molecule has 2 aromatic carbocycles. The zero-order valence-electron chi connectivity index (χ0n) is 19.2. The highest BCUT2D eigenvalue weighted by Crippen LogP contribution is 2.41. The van der Waals surface area contributed by atoms with E-state index in [0.29, 0.717) is 11.5 Å². The van der Waals surface area contributed by atoms with Crippen molar-refractivity contribution in [1.82, 2.24) is 4.90 Å². The lowest BCUT2D eigenvalue weighted by Crippen LogP contribution is -2.44. The molecule has 2 fully saturated rings. The standard InChI is InChI=1S/C28H33F2NO2/c1-3-19-28(29,30)27(2,33)23-13-9-22(10-14-23)26(32)31(25-17-18-25)24-15-11-21(12-16-24)20-7-5-4-6-8-20/h3-10,13-14,21,24-25,33H,1,11-12,15-19H2,2H3/t21?,24?,27-/m0/s1. The van der Waals surface area contributed by atoms with E-state index in [9.17, 15) is 18.7 Å². The van der Waals surface area contributed by atoms with Crippen molar-refractivity contribution < 1.29 is 18.7 Å². The van der Waals surface area contributed by atoms with Gasteiger partial charge in [0.1, 0.15) is 0 Å². The van der Waals surface area contributed by atoms with E-state index < -0.39 is 17.9 Å². The summed E-state index contributed by atoms with van der Waals surface area (Å²) >= 11 is 0. The number of alkyl halides is 2. The zero-order valence-corrected chi connectivity index (χ0v) is 19.2. The molecule has 0 radical (unpaired) electrons. The average Bonchev–Trinajstić information content (AvgIpc) is 3.65. The van der Waals surface area contributed by atoms with Crippen LogP contribution in [0, 0.1) is 0 Å². The number of allylic oxidation sites excluding steroid dienone is 1. The molecule has 0 unspecified atom stereocenters. The maximum atomic E-state index is 14.4. The molecule has 33 heavy (non-hydrogen) atoms. The van der Waals surface area contributed by atoms with E-state index in [2.05, 4.69) is 30.8 Å². The minimum atomic E-state index is -3.35. The first-order valence-electron chi connectivity index (χ1n) is 11.9.